The van der Waals surface area contributed by atoms with Crippen molar-refractivity contribution in [3.63, 3.8) is 0 Å². The quantitative estimate of drug-likeness (QED) is 0.632. The molecule has 0 saturated heterocycles. The van der Waals surface area contributed by atoms with E-state index < -0.39 is 11.7 Å². The van der Waals surface area contributed by atoms with Crippen molar-refractivity contribution in [2.24, 2.45) is 0 Å². The van der Waals surface area contributed by atoms with Gasteiger partial charge in [0, 0.05) is 6.20 Å². The van der Waals surface area contributed by atoms with Gasteiger partial charge >= 0.3 is 6.18 Å². The van der Waals surface area contributed by atoms with E-state index >= 15 is 0 Å². The molecule has 2 heterocycles. The van der Waals surface area contributed by atoms with Gasteiger partial charge in [-0.1, -0.05) is 11.6 Å². The fraction of sp³-hybridized carbons (Fsp3) is 0.300. The maximum atomic E-state index is 12.6. The normalized spacial score (nSPS) is 12.1. The van der Waals surface area contributed by atoms with Crippen molar-refractivity contribution in [2.45, 2.75) is 13.1 Å². The molecule has 2 aromatic rings. The average Bonchev–Trinajstić information content (AvgIpc) is 2.64. The van der Waals surface area contributed by atoms with Crippen LogP contribution >= 0.6 is 23.9 Å². The van der Waals surface area contributed by atoms with Crippen molar-refractivity contribution in [3.05, 3.63) is 29.0 Å². The number of nitrogens with zero attached hydrogens (tertiary/aromatic N) is 2. The van der Waals surface area contributed by atoms with Crippen LogP contribution in [0.5, 0.6) is 5.88 Å². The average molecular weight is 313 g/mol. The zero-order valence-electron chi connectivity index (χ0n) is 9.57. The van der Waals surface area contributed by atoms with Gasteiger partial charge in [0.15, 0.2) is 5.15 Å². The van der Waals surface area contributed by atoms with Crippen molar-refractivity contribution in [3.8, 4) is 5.88 Å². The molecule has 0 saturated carbocycles. The number of halogens is 4. The molecular weight excluding hydrogens is 305 g/mol. The highest BCUT2D eigenvalue weighted by Gasteiger charge is 2.31. The van der Waals surface area contributed by atoms with E-state index in [1.54, 1.807) is 6.92 Å². The lowest BCUT2D eigenvalue weighted by atomic mass is 10.3. The van der Waals surface area contributed by atoms with Crippen LogP contribution in [0.2, 0.25) is 5.15 Å². The van der Waals surface area contributed by atoms with Gasteiger partial charge in [-0.15, -0.1) is 0 Å². The molecule has 0 bridgehead atoms. The summed E-state index contributed by atoms with van der Waals surface area (Å²) in [5.74, 6) is -0.0128. The zero-order valence-corrected chi connectivity index (χ0v) is 11.1. The van der Waals surface area contributed by atoms with Crippen LogP contribution in [0.15, 0.2) is 18.3 Å². The van der Waals surface area contributed by atoms with Gasteiger partial charge < -0.3 is 4.18 Å². The minimum atomic E-state index is -4.45. The van der Waals surface area contributed by atoms with Crippen LogP contribution < -0.4 is 4.18 Å². The smallest absolute Gasteiger partial charge is 0.378 e. The summed E-state index contributed by atoms with van der Waals surface area (Å²) in [4.78, 5) is 3.88. The highest BCUT2D eigenvalue weighted by molar-refractivity contribution is 7.90. The third kappa shape index (κ3) is 3.07. The van der Waals surface area contributed by atoms with Crippen LogP contribution in [0.4, 0.5) is 13.2 Å². The van der Waals surface area contributed by atoms with Gasteiger partial charge in [-0.25, -0.2) is 4.98 Å². The number of pyridine rings is 1. The van der Waals surface area contributed by atoms with E-state index in [1.165, 1.54) is 6.07 Å². The van der Waals surface area contributed by atoms with Crippen LogP contribution in [-0.2, 0) is 10.4 Å². The fourth-order valence-electron chi connectivity index (χ4n) is 1.34. The Hall–Kier alpha value is -1.12. The number of fused-ring (bicyclic) bond motifs is 1. The first kappa shape index (κ1) is 14.3. The van der Waals surface area contributed by atoms with E-state index in [0.717, 1.165) is 16.7 Å². The Balaban J connectivity index is 2.41. The lowest BCUT2D eigenvalue weighted by Crippen LogP contribution is -2.06. The summed E-state index contributed by atoms with van der Waals surface area (Å²) in [5.41, 5.74) is -0.564. The Labute approximate surface area is 115 Å². The first-order valence-electron chi connectivity index (χ1n) is 5.14. The molecule has 0 aliphatic carbocycles. The lowest BCUT2D eigenvalue weighted by Gasteiger charge is -2.08. The zero-order chi connectivity index (χ0) is 14.0. The molecule has 0 spiro atoms. The minimum Gasteiger partial charge on any atom is -0.378 e. The van der Waals surface area contributed by atoms with Crippen molar-refractivity contribution >= 4 is 29.6 Å². The maximum absolute atomic E-state index is 12.6. The van der Waals surface area contributed by atoms with Crippen molar-refractivity contribution in [1.29, 1.82) is 0 Å². The Morgan fingerprint density at radius 1 is 1.42 bits per heavy atom. The van der Waals surface area contributed by atoms with Crippen molar-refractivity contribution in [2.75, 3.05) is 6.61 Å². The lowest BCUT2D eigenvalue weighted by molar-refractivity contribution is -0.137. The highest BCUT2D eigenvalue weighted by Crippen LogP contribution is 2.33. The summed E-state index contributed by atoms with van der Waals surface area (Å²) in [6.07, 6.45) is -3.58. The molecule has 0 aromatic carbocycles. The number of aromatic nitrogens is 2. The highest BCUT2D eigenvalue weighted by atomic mass is 35.5. The third-order valence-electron chi connectivity index (χ3n) is 2.14. The largest absolute Gasteiger partial charge is 0.417 e. The van der Waals surface area contributed by atoms with Crippen LogP contribution in [0, 0.1) is 0 Å². The molecule has 2 rings (SSSR count). The fourth-order valence-corrected chi connectivity index (χ4v) is 1.97. The molecule has 19 heavy (non-hydrogen) atoms. The summed E-state index contributed by atoms with van der Waals surface area (Å²) >= 11 is 6.43. The van der Waals surface area contributed by atoms with E-state index in [2.05, 4.69) is 4.98 Å². The third-order valence-corrected chi connectivity index (χ3v) is 2.95. The van der Waals surface area contributed by atoms with Gasteiger partial charge in [-0.05, 0) is 19.1 Å². The predicted molar refractivity (Wildman–Crippen MR) is 65.0 cm³/mol. The van der Waals surface area contributed by atoms with Gasteiger partial charge in [0.05, 0.1) is 12.2 Å². The first-order chi connectivity index (χ1) is 8.93. The SMILES string of the molecule is CCOSOc1c(Cl)nc2ccc(C(F)(F)F)cn12. The number of imidazole rings is 1. The number of hydrogen-bond donors (Lipinski definition) is 0. The topological polar surface area (TPSA) is 35.8 Å². The summed E-state index contributed by atoms with van der Waals surface area (Å²) in [5, 5.41) is -0.0356. The van der Waals surface area contributed by atoms with E-state index in [4.69, 9.17) is 20.0 Å². The Morgan fingerprint density at radius 2 is 2.16 bits per heavy atom. The van der Waals surface area contributed by atoms with Gasteiger partial charge in [-0.2, -0.15) is 13.2 Å². The molecule has 0 unspecified atom stereocenters. The van der Waals surface area contributed by atoms with E-state index in [9.17, 15) is 13.2 Å². The van der Waals surface area contributed by atoms with E-state index in [-0.39, 0.29) is 16.7 Å². The molecule has 0 fully saturated rings. The van der Waals surface area contributed by atoms with Crippen molar-refractivity contribution < 1.29 is 21.5 Å². The van der Waals surface area contributed by atoms with Crippen LogP contribution in [-0.4, -0.2) is 16.0 Å². The second-order valence-corrected chi connectivity index (χ2v) is 4.31. The molecule has 0 amide bonds. The summed E-state index contributed by atoms with van der Waals surface area (Å²) in [6.45, 7) is 2.13. The van der Waals surface area contributed by atoms with Gasteiger partial charge in [-0.3, -0.25) is 8.58 Å². The summed E-state index contributed by atoms with van der Waals surface area (Å²) < 4.78 is 49.0. The monoisotopic (exact) mass is 312 g/mol. The summed E-state index contributed by atoms with van der Waals surface area (Å²) in [7, 11) is 0. The number of hydrogen-bond acceptors (Lipinski definition) is 4. The van der Waals surface area contributed by atoms with Crippen molar-refractivity contribution in [1.82, 2.24) is 9.38 Å². The van der Waals surface area contributed by atoms with Gasteiger partial charge in [0.1, 0.15) is 5.65 Å². The van der Waals surface area contributed by atoms with Gasteiger partial charge in [0.25, 0.3) is 5.88 Å². The molecule has 0 radical (unpaired) electrons. The molecule has 0 aliphatic heterocycles. The number of rotatable bonds is 4. The van der Waals surface area contributed by atoms with Crippen LogP contribution in [0.1, 0.15) is 12.5 Å². The van der Waals surface area contributed by atoms with Crippen LogP contribution in [0.25, 0.3) is 5.65 Å². The summed E-state index contributed by atoms with van der Waals surface area (Å²) in [6, 6.07) is 2.14. The predicted octanol–water partition coefficient (Wildman–Crippen LogP) is 3.99. The van der Waals surface area contributed by atoms with E-state index in [1.807, 2.05) is 0 Å². The van der Waals surface area contributed by atoms with Gasteiger partial charge in [0.2, 0.25) is 12.3 Å². The maximum Gasteiger partial charge on any atom is 0.417 e. The Kier molecular flexibility index (Phi) is 4.12. The molecule has 4 nitrogen and oxygen atoms in total. The van der Waals surface area contributed by atoms with E-state index in [0.29, 0.717) is 18.9 Å². The second-order valence-electron chi connectivity index (χ2n) is 3.41. The Morgan fingerprint density at radius 3 is 2.79 bits per heavy atom. The molecule has 9 heteroatoms. The minimum absolute atomic E-state index is 0.0128. The first-order valence-corrected chi connectivity index (χ1v) is 6.19. The molecule has 104 valence electrons. The van der Waals surface area contributed by atoms with Crippen LogP contribution in [0.3, 0.4) is 0 Å². The molecule has 0 aliphatic rings. The second kappa shape index (κ2) is 5.48. The molecule has 2 aromatic heterocycles. The molecular formula is C10H8ClF3N2O2S. The molecule has 0 N–H and O–H groups in total. The number of alkyl halides is 3. The standard InChI is InChI=1S/C10H8ClF3N2O2S/c1-2-17-19-18-9-8(11)15-7-4-3-6(5-16(7)9)10(12,13)14/h3-5H,2H2,1H3. The Bertz CT molecular complexity index is 588. The molecule has 0 atom stereocenters.